The summed E-state index contributed by atoms with van der Waals surface area (Å²) in [5.41, 5.74) is -0.532. The highest BCUT2D eigenvalue weighted by Gasteiger charge is 2.25. The zero-order chi connectivity index (χ0) is 15.1. The van der Waals surface area contributed by atoms with Crippen molar-refractivity contribution in [3.63, 3.8) is 0 Å². The number of rotatable bonds is 7. The van der Waals surface area contributed by atoms with Gasteiger partial charge < -0.3 is 9.64 Å². The predicted molar refractivity (Wildman–Crippen MR) is 72.2 cm³/mol. The van der Waals surface area contributed by atoms with Crippen molar-refractivity contribution in [3.8, 4) is 0 Å². The van der Waals surface area contributed by atoms with Crippen LogP contribution in [0.1, 0.15) is 20.3 Å². The van der Waals surface area contributed by atoms with Crippen molar-refractivity contribution in [3.05, 3.63) is 34.1 Å². The van der Waals surface area contributed by atoms with Crippen LogP contribution in [0, 0.1) is 15.9 Å². The lowest BCUT2D eigenvalue weighted by Crippen LogP contribution is -2.32. The standard InChI is InChI=1S/C13H17FN2O4/c1-3-8-15(9-12(17)20-4-2)11-7-5-6-10(14)13(11)16(18)19/h5-7H,3-4,8-9H2,1-2H3. The summed E-state index contributed by atoms with van der Waals surface area (Å²) in [5.74, 6) is -1.42. The van der Waals surface area contributed by atoms with Crippen LogP contribution >= 0.6 is 0 Å². The Bertz CT molecular complexity index is 493. The average molecular weight is 284 g/mol. The lowest BCUT2D eigenvalue weighted by atomic mass is 10.2. The fourth-order valence-corrected chi connectivity index (χ4v) is 1.86. The Morgan fingerprint density at radius 3 is 2.70 bits per heavy atom. The van der Waals surface area contributed by atoms with E-state index >= 15 is 0 Å². The SMILES string of the molecule is CCCN(CC(=O)OCC)c1cccc(F)c1[N+](=O)[O-]. The van der Waals surface area contributed by atoms with Gasteiger partial charge in [-0.05, 0) is 25.5 Å². The van der Waals surface area contributed by atoms with Gasteiger partial charge in [0.05, 0.1) is 11.5 Å². The molecule has 0 saturated heterocycles. The van der Waals surface area contributed by atoms with E-state index in [-0.39, 0.29) is 18.8 Å². The van der Waals surface area contributed by atoms with E-state index in [0.29, 0.717) is 13.0 Å². The average Bonchev–Trinajstić information content (AvgIpc) is 2.37. The van der Waals surface area contributed by atoms with E-state index in [1.54, 1.807) is 6.92 Å². The minimum atomic E-state index is -0.919. The molecule has 0 unspecified atom stereocenters. The molecule has 20 heavy (non-hydrogen) atoms. The van der Waals surface area contributed by atoms with Crippen molar-refractivity contribution < 1.29 is 18.8 Å². The van der Waals surface area contributed by atoms with Crippen molar-refractivity contribution in [1.29, 1.82) is 0 Å². The number of benzene rings is 1. The summed E-state index contributed by atoms with van der Waals surface area (Å²) in [6.45, 7) is 4.01. The first-order valence-corrected chi connectivity index (χ1v) is 6.34. The maximum atomic E-state index is 13.6. The molecule has 0 saturated carbocycles. The third-order valence-corrected chi connectivity index (χ3v) is 2.61. The number of para-hydroxylation sites is 1. The molecule has 0 aliphatic rings. The van der Waals surface area contributed by atoms with Gasteiger partial charge in [0.2, 0.25) is 5.82 Å². The molecule has 0 bridgehead atoms. The molecule has 0 heterocycles. The molecule has 0 radical (unpaired) electrons. The molecule has 0 amide bonds. The van der Waals surface area contributed by atoms with Crippen molar-refractivity contribution >= 4 is 17.3 Å². The van der Waals surface area contributed by atoms with Crippen LogP contribution in [0.4, 0.5) is 15.8 Å². The number of esters is 1. The molecule has 1 aromatic carbocycles. The van der Waals surface area contributed by atoms with E-state index in [0.717, 1.165) is 6.07 Å². The summed E-state index contributed by atoms with van der Waals surface area (Å²) in [7, 11) is 0. The number of carbonyl (C=O) groups excluding carboxylic acids is 1. The van der Waals surface area contributed by atoms with E-state index in [1.165, 1.54) is 17.0 Å². The minimum Gasteiger partial charge on any atom is -0.465 e. The van der Waals surface area contributed by atoms with Crippen LogP contribution in [-0.4, -0.2) is 30.6 Å². The normalized spacial score (nSPS) is 10.2. The zero-order valence-electron chi connectivity index (χ0n) is 11.5. The number of hydrogen-bond donors (Lipinski definition) is 0. The Balaban J connectivity index is 3.11. The number of anilines is 1. The Kier molecular flexibility index (Phi) is 5.89. The number of ether oxygens (including phenoxy) is 1. The monoisotopic (exact) mass is 284 g/mol. The maximum Gasteiger partial charge on any atom is 0.327 e. The van der Waals surface area contributed by atoms with Crippen molar-refractivity contribution in [2.45, 2.75) is 20.3 Å². The summed E-state index contributed by atoms with van der Waals surface area (Å²) in [5, 5.41) is 11.0. The van der Waals surface area contributed by atoms with Gasteiger partial charge in [0.1, 0.15) is 12.2 Å². The van der Waals surface area contributed by atoms with Crippen molar-refractivity contribution in [2.75, 3.05) is 24.6 Å². The van der Waals surface area contributed by atoms with E-state index in [1.807, 2.05) is 6.92 Å². The lowest BCUT2D eigenvalue weighted by molar-refractivity contribution is -0.386. The van der Waals surface area contributed by atoms with E-state index in [4.69, 9.17) is 4.74 Å². The maximum absolute atomic E-state index is 13.6. The van der Waals surface area contributed by atoms with Crippen LogP contribution in [0.15, 0.2) is 18.2 Å². The number of hydrogen-bond acceptors (Lipinski definition) is 5. The van der Waals surface area contributed by atoms with E-state index in [2.05, 4.69) is 0 Å². The van der Waals surface area contributed by atoms with Gasteiger partial charge in [-0.3, -0.25) is 14.9 Å². The highest BCUT2D eigenvalue weighted by Crippen LogP contribution is 2.30. The second kappa shape index (κ2) is 7.42. The molecule has 0 aliphatic heterocycles. The number of nitro groups is 1. The molecule has 0 atom stereocenters. The zero-order valence-corrected chi connectivity index (χ0v) is 11.5. The van der Waals surface area contributed by atoms with Gasteiger partial charge in [0.15, 0.2) is 0 Å². The van der Waals surface area contributed by atoms with Crippen LogP contribution in [0.2, 0.25) is 0 Å². The van der Waals surface area contributed by atoms with Gasteiger partial charge in [-0.2, -0.15) is 4.39 Å². The van der Waals surface area contributed by atoms with Crippen molar-refractivity contribution in [2.24, 2.45) is 0 Å². The van der Waals surface area contributed by atoms with Gasteiger partial charge in [-0.25, -0.2) is 0 Å². The van der Waals surface area contributed by atoms with Gasteiger partial charge in [-0.15, -0.1) is 0 Å². The summed E-state index contributed by atoms with van der Waals surface area (Å²) in [6.07, 6.45) is 0.660. The number of carbonyl (C=O) groups is 1. The molecule has 0 fully saturated rings. The molecule has 110 valence electrons. The second-order valence-corrected chi connectivity index (χ2v) is 4.09. The van der Waals surface area contributed by atoms with Crippen LogP contribution < -0.4 is 4.90 Å². The van der Waals surface area contributed by atoms with Gasteiger partial charge >= 0.3 is 11.7 Å². The number of nitro benzene ring substituents is 1. The summed E-state index contributed by atoms with van der Waals surface area (Å²) >= 11 is 0. The van der Waals surface area contributed by atoms with Gasteiger partial charge in [-0.1, -0.05) is 13.0 Å². The molecule has 0 N–H and O–H groups in total. The van der Waals surface area contributed by atoms with E-state index < -0.39 is 22.4 Å². The lowest BCUT2D eigenvalue weighted by Gasteiger charge is -2.22. The molecule has 0 aromatic heterocycles. The molecule has 1 rings (SSSR count). The first kappa shape index (κ1) is 15.9. The molecule has 1 aromatic rings. The van der Waals surface area contributed by atoms with Crippen LogP contribution in [0.3, 0.4) is 0 Å². The third kappa shape index (κ3) is 3.91. The first-order chi connectivity index (χ1) is 9.51. The summed E-state index contributed by atoms with van der Waals surface area (Å²) in [6, 6.07) is 3.83. The molecule has 0 spiro atoms. The highest BCUT2D eigenvalue weighted by atomic mass is 19.1. The highest BCUT2D eigenvalue weighted by molar-refractivity contribution is 5.78. The smallest absolute Gasteiger partial charge is 0.327 e. The third-order valence-electron chi connectivity index (χ3n) is 2.61. The fourth-order valence-electron chi connectivity index (χ4n) is 1.86. The first-order valence-electron chi connectivity index (χ1n) is 6.34. The Morgan fingerprint density at radius 2 is 2.15 bits per heavy atom. The fraction of sp³-hybridized carbons (Fsp3) is 0.462. The van der Waals surface area contributed by atoms with Crippen LogP contribution in [0.25, 0.3) is 0 Å². The number of halogens is 1. The topological polar surface area (TPSA) is 72.7 Å². The van der Waals surface area contributed by atoms with Gasteiger partial charge in [0.25, 0.3) is 0 Å². The predicted octanol–water partition coefficient (Wildman–Crippen LogP) is 2.51. The van der Waals surface area contributed by atoms with Gasteiger partial charge in [0, 0.05) is 6.54 Å². The second-order valence-electron chi connectivity index (χ2n) is 4.09. The molecule has 0 aliphatic carbocycles. The Morgan fingerprint density at radius 1 is 1.45 bits per heavy atom. The quantitative estimate of drug-likeness (QED) is 0.437. The molecule has 7 heteroatoms. The van der Waals surface area contributed by atoms with Crippen LogP contribution in [-0.2, 0) is 9.53 Å². The number of nitrogens with zero attached hydrogens (tertiary/aromatic N) is 2. The molecule has 6 nitrogen and oxygen atoms in total. The minimum absolute atomic E-state index is 0.0879. The molecular formula is C13H17FN2O4. The summed E-state index contributed by atoms with van der Waals surface area (Å²) < 4.78 is 18.4. The van der Waals surface area contributed by atoms with Crippen LogP contribution in [0.5, 0.6) is 0 Å². The Labute approximate surface area is 116 Å². The Hall–Kier alpha value is -2.18. The molecular weight excluding hydrogens is 267 g/mol. The van der Waals surface area contributed by atoms with Crippen molar-refractivity contribution in [1.82, 2.24) is 0 Å². The largest absolute Gasteiger partial charge is 0.465 e. The van der Waals surface area contributed by atoms with E-state index in [9.17, 15) is 19.3 Å². The summed E-state index contributed by atoms with van der Waals surface area (Å²) in [4.78, 5) is 23.2.